The number of pyridine rings is 1. The minimum atomic E-state index is -0.237. The van der Waals surface area contributed by atoms with Crippen molar-refractivity contribution in [3.05, 3.63) is 58.5 Å². The van der Waals surface area contributed by atoms with Crippen molar-refractivity contribution in [2.75, 3.05) is 0 Å². The zero-order chi connectivity index (χ0) is 17.4. The van der Waals surface area contributed by atoms with Gasteiger partial charge in [0, 0.05) is 24.0 Å². The molecule has 1 atom stereocenters. The van der Waals surface area contributed by atoms with Gasteiger partial charge in [0.1, 0.15) is 12.2 Å². The summed E-state index contributed by atoms with van der Waals surface area (Å²) in [5.74, 6) is -0.0174. The number of carbonyl (C=O) groups is 1. The van der Waals surface area contributed by atoms with Crippen LogP contribution in [0.1, 0.15) is 29.6 Å². The maximum Gasteiger partial charge on any atom is 0.256 e. The van der Waals surface area contributed by atoms with Crippen LogP contribution in [-0.4, -0.2) is 32.6 Å². The number of halogens is 1. The van der Waals surface area contributed by atoms with Crippen LogP contribution >= 0.6 is 15.9 Å². The largest absolute Gasteiger partial charge is 0.367 e. The summed E-state index contributed by atoms with van der Waals surface area (Å²) in [5, 5.41) is 16.4. The lowest BCUT2D eigenvalue weighted by Gasteiger charge is -2.42. The predicted molar refractivity (Wildman–Crippen MR) is 96.5 cm³/mol. The summed E-state index contributed by atoms with van der Waals surface area (Å²) < 4.78 is 2.59. The van der Waals surface area contributed by atoms with E-state index in [9.17, 15) is 4.79 Å². The normalized spacial score (nSPS) is 19.7. The second kappa shape index (κ2) is 6.37. The predicted octanol–water partition coefficient (Wildman–Crippen LogP) is 2.98. The Labute approximate surface area is 153 Å². The highest BCUT2D eigenvalue weighted by atomic mass is 79.9. The minimum Gasteiger partial charge on any atom is -0.367 e. The molecule has 7 heteroatoms. The van der Waals surface area contributed by atoms with E-state index >= 15 is 0 Å². The third-order valence-electron chi connectivity index (χ3n) is 4.72. The topological polar surface area (TPSA) is 73.4 Å². The van der Waals surface area contributed by atoms with Crippen molar-refractivity contribution in [3.63, 3.8) is 0 Å². The van der Waals surface area contributed by atoms with Gasteiger partial charge in [0.25, 0.3) is 5.91 Å². The zero-order valence-corrected chi connectivity index (χ0v) is 15.0. The maximum absolute atomic E-state index is 13.2. The van der Waals surface area contributed by atoms with E-state index in [2.05, 4.69) is 32.4 Å². The SMILES string of the molecule is N#CC1=CNC(N(C(=O)c2ccn3ncc(Br)c3c2)C2CCC2)C=C1. The summed E-state index contributed by atoms with van der Waals surface area (Å²) >= 11 is 3.46. The van der Waals surface area contributed by atoms with E-state index in [1.54, 1.807) is 35.3 Å². The molecule has 1 saturated carbocycles. The van der Waals surface area contributed by atoms with Gasteiger partial charge in [-0.05, 0) is 59.5 Å². The van der Waals surface area contributed by atoms with Gasteiger partial charge in [-0.1, -0.05) is 0 Å². The monoisotopic (exact) mass is 397 g/mol. The number of hydrogen-bond donors (Lipinski definition) is 1. The van der Waals surface area contributed by atoms with Crippen LogP contribution in [0.4, 0.5) is 0 Å². The number of amides is 1. The van der Waals surface area contributed by atoms with E-state index in [-0.39, 0.29) is 18.1 Å². The van der Waals surface area contributed by atoms with Crippen molar-refractivity contribution < 1.29 is 4.79 Å². The van der Waals surface area contributed by atoms with Crippen molar-refractivity contribution >= 4 is 27.4 Å². The fraction of sp³-hybridized carbons (Fsp3) is 0.278. The summed E-state index contributed by atoms with van der Waals surface area (Å²) in [5.41, 5.74) is 2.05. The number of carbonyl (C=O) groups excluding carboxylic acids is 1. The Bertz CT molecular complexity index is 935. The number of allylic oxidation sites excluding steroid dienone is 2. The van der Waals surface area contributed by atoms with Crippen molar-refractivity contribution in [1.29, 1.82) is 5.26 Å². The third-order valence-corrected chi connectivity index (χ3v) is 5.33. The lowest BCUT2D eigenvalue weighted by atomic mass is 9.90. The first kappa shape index (κ1) is 15.9. The van der Waals surface area contributed by atoms with Gasteiger partial charge in [-0.2, -0.15) is 10.4 Å². The van der Waals surface area contributed by atoms with Crippen molar-refractivity contribution in [3.8, 4) is 6.07 Å². The van der Waals surface area contributed by atoms with Crippen molar-refractivity contribution in [2.24, 2.45) is 0 Å². The minimum absolute atomic E-state index is 0.0174. The van der Waals surface area contributed by atoms with Crippen molar-refractivity contribution in [2.45, 2.75) is 31.5 Å². The molecule has 1 unspecified atom stereocenters. The van der Waals surface area contributed by atoms with Gasteiger partial charge in [0.15, 0.2) is 0 Å². The molecule has 25 heavy (non-hydrogen) atoms. The van der Waals surface area contributed by atoms with Crippen LogP contribution in [0.2, 0.25) is 0 Å². The van der Waals surface area contributed by atoms with E-state index in [0.29, 0.717) is 11.1 Å². The number of nitriles is 1. The molecule has 1 N–H and O–H groups in total. The Hall–Kier alpha value is -2.59. The zero-order valence-electron chi connectivity index (χ0n) is 13.4. The Morgan fingerprint density at radius 1 is 1.48 bits per heavy atom. The molecule has 0 spiro atoms. The van der Waals surface area contributed by atoms with E-state index in [0.717, 1.165) is 29.3 Å². The molecule has 1 aliphatic heterocycles. The molecule has 1 fully saturated rings. The van der Waals surface area contributed by atoms with Crippen LogP contribution in [-0.2, 0) is 0 Å². The van der Waals surface area contributed by atoms with Gasteiger partial charge < -0.3 is 10.2 Å². The summed E-state index contributed by atoms with van der Waals surface area (Å²) in [6.45, 7) is 0. The quantitative estimate of drug-likeness (QED) is 0.863. The molecule has 2 aliphatic rings. The Kier molecular flexibility index (Phi) is 4.06. The molecule has 3 heterocycles. The molecule has 4 rings (SSSR count). The molecule has 0 radical (unpaired) electrons. The lowest BCUT2D eigenvalue weighted by molar-refractivity contribution is 0.0473. The van der Waals surface area contributed by atoms with Gasteiger partial charge in [0.05, 0.1) is 21.8 Å². The molecule has 2 aromatic rings. The molecule has 0 aromatic carbocycles. The van der Waals surface area contributed by atoms with Gasteiger partial charge in [-0.3, -0.25) is 4.79 Å². The second-order valence-corrected chi connectivity index (χ2v) is 7.07. The van der Waals surface area contributed by atoms with Gasteiger partial charge in [-0.15, -0.1) is 0 Å². The molecule has 1 amide bonds. The number of rotatable bonds is 3. The lowest BCUT2D eigenvalue weighted by Crippen LogP contribution is -2.54. The Morgan fingerprint density at radius 3 is 2.96 bits per heavy atom. The molecule has 1 aliphatic carbocycles. The third kappa shape index (κ3) is 2.83. The Balaban J connectivity index is 1.66. The molecule has 0 bridgehead atoms. The van der Waals surface area contributed by atoms with Crippen LogP contribution in [0.5, 0.6) is 0 Å². The van der Waals surface area contributed by atoms with Gasteiger partial charge in [-0.25, -0.2) is 4.52 Å². The fourth-order valence-corrected chi connectivity index (χ4v) is 3.52. The van der Waals surface area contributed by atoms with E-state index < -0.39 is 0 Å². The first-order valence-electron chi connectivity index (χ1n) is 8.17. The molecular weight excluding hydrogens is 382 g/mol. The van der Waals surface area contributed by atoms with Gasteiger partial charge in [0.2, 0.25) is 0 Å². The van der Waals surface area contributed by atoms with Crippen LogP contribution in [0.3, 0.4) is 0 Å². The average molecular weight is 398 g/mol. The van der Waals surface area contributed by atoms with E-state index in [4.69, 9.17) is 5.26 Å². The average Bonchev–Trinajstić information content (AvgIpc) is 2.98. The molecule has 2 aromatic heterocycles. The first-order valence-corrected chi connectivity index (χ1v) is 8.97. The summed E-state index contributed by atoms with van der Waals surface area (Å²) in [6, 6.07) is 5.97. The number of dihydropyridines is 1. The molecule has 126 valence electrons. The summed E-state index contributed by atoms with van der Waals surface area (Å²) in [4.78, 5) is 15.1. The molecule has 6 nitrogen and oxygen atoms in total. The van der Waals surface area contributed by atoms with E-state index in [1.807, 2.05) is 17.0 Å². The van der Waals surface area contributed by atoms with Crippen LogP contribution in [0.25, 0.3) is 5.52 Å². The fourth-order valence-electron chi connectivity index (χ4n) is 3.13. The van der Waals surface area contributed by atoms with Gasteiger partial charge >= 0.3 is 0 Å². The summed E-state index contributed by atoms with van der Waals surface area (Å²) in [7, 11) is 0. The standard InChI is InChI=1S/C18H16BrN5O/c19-15-11-22-23-7-6-13(8-16(15)23)18(25)24(14-2-1-3-14)17-5-4-12(9-20)10-21-17/h4-8,10-11,14,17,21H,1-3H2. The maximum atomic E-state index is 13.2. The molecule has 0 saturated heterocycles. The highest BCUT2D eigenvalue weighted by Crippen LogP contribution is 2.29. The number of fused-ring (bicyclic) bond motifs is 1. The van der Waals surface area contributed by atoms with Crippen molar-refractivity contribution in [1.82, 2.24) is 19.8 Å². The van der Waals surface area contributed by atoms with Crippen LogP contribution in [0, 0.1) is 11.3 Å². The number of nitrogens with one attached hydrogen (secondary N) is 1. The number of aromatic nitrogens is 2. The number of nitrogens with zero attached hydrogens (tertiary/aromatic N) is 4. The number of hydrogen-bond acceptors (Lipinski definition) is 4. The molecular formula is C18H16BrN5O. The first-order chi connectivity index (χ1) is 12.2. The smallest absolute Gasteiger partial charge is 0.256 e. The highest BCUT2D eigenvalue weighted by Gasteiger charge is 2.34. The van der Waals surface area contributed by atoms with Crippen LogP contribution < -0.4 is 5.32 Å². The second-order valence-electron chi connectivity index (χ2n) is 6.22. The Morgan fingerprint density at radius 2 is 2.32 bits per heavy atom. The highest BCUT2D eigenvalue weighted by molar-refractivity contribution is 9.10. The van der Waals surface area contributed by atoms with E-state index in [1.165, 1.54) is 0 Å². The van der Waals surface area contributed by atoms with Crippen LogP contribution in [0.15, 0.2) is 52.9 Å². The summed E-state index contributed by atoms with van der Waals surface area (Å²) in [6.07, 6.45) is 11.7.